The van der Waals surface area contributed by atoms with Crippen molar-refractivity contribution in [2.45, 2.75) is 13.0 Å². The van der Waals surface area contributed by atoms with Crippen LogP contribution in [-0.4, -0.2) is 22.0 Å². The molecule has 0 radical (unpaired) electrons. The summed E-state index contributed by atoms with van der Waals surface area (Å²) in [5.41, 5.74) is -0.232. The van der Waals surface area contributed by atoms with Gasteiger partial charge in [-0.15, -0.1) is 0 Å². The van der Waals surface area contributed by atoms with Crippen LogP contribution < -0.4 is 16.6 Å². The fraction of sp³-hybridized carbons (Fsp3) is 0.188. The van der Waals surface area contributed by atoms with Gasteiger partial charge in [0.15, 0.2) is 0 Å². The first-order chi connectivity index (χ1) is 11.0. The lowest BCUT2D eigenvalue weighted by atomic mass is 10.2. The number of carbonyl (C=O) groups is 1. The van der Waals surface area contributed by atoms with Gasteiger partial charge < -0.3 is 9.88 Å². The topological polar surface area (TPSA) is 84.0 Å². The van der Waals surface area contributed by atoms with Crippen LogP contribution in [-0.2, 0) is 11.3 Å². The average Bonchev–Trinajstić information content (AvgIpc) is 2.51. The maximum atomic E-state index is 11.7. The van der Waals surface area contributed by atoms with Gasteiger partial charge in [0.25, 0.3) is 5.56 Å². The molecular formula is C16H14ClN3O3. The number of H-pyrrole nitrogens is 1. The lowest BCUT2D eigenvalue weighted by Crippen LogP contribution is -2.31. The van der Waals surface area contributed by atoms with Crippen LogP contribution >= 0.6 is 11.6 Å². The maximum Gasteiger partial charge on any atom is 0.328 e. The quantitative estimate of drug-likeness (QED) is 0.811. The molecule has 23 heavy (non-hydrogen) atoms. The molecule has 0 saturated carbocycles. The number of halogens is 1. The molecule has 1 amide bonds. The molecule has 118 valence electrons. The SMILES string of the molecule is O=C(CCn1ccc(=O)[nH]c1=O)NCC#Cc1cccc(Cl)c1. The number of aromatic nitrogens is 2. The lowest BCUT2D eigenvalue weighted by Gasteiger charge is -2.04. The Balaban J connectivity index is 1.80. The molecule has 0 fully saturated rings. The third kappa shape index (κ3) is 5.49. The maximum absolute atomic E-state index is 11.7. The molecule has 2 rings (SSSR count). The molecule has 1 heterocycles. The molecule has 6 nitrogen and oxygen atoms in total. The van der Waals surface area contributed by atoms with E-state index in [1.807, 2.05) is 6.07 Å². The molecule has 1 aromatic heterocycles. The van der Waals surface area contributed by atoms with Gasteiger partial charge in [0, 0.05) is 35.8 Å². The van der Waals surface area contributed by atoms with Gasteiger partial charge in [-0.1, -0.05) is 29.5 Å². The first-order valence-corrected chi connectivity index (χ1v) is 7.23. The van der Waals surface area contributed by atoms with E-state index in [1.165, 1.54) is 16.8 Å². The number of amides is 1. The summed E-state index contributed by atoms with van der Waals surface area (Å²) in [7, 11) is 0. The zero-order valence-corrected chi connectivity index (χ0v) is 12.9. The van der Waals surface area contributed by atoms with E-state index in [4.69, 9.17) is 11.6 Å². The fourth-order valence-corrected chi connectivity index (χ4v) is 1.98. The number of hydrogen-bond donors (Lipinski definition) is 2. The van der Waals surface area contributed by atoms with Crippen LogP contribution in [0.15, 0.2) is 46.1 Å². The van der Waals surface area contributed by atoms with Crippen molar-refractivity contribution in [1.82, 2.24) is 14.9 Å². The Morgan fingerprint density at radius 2 is 2.13 bits per heavy atom. The zero-order chi connectivity index (χ0) is 16.7. The third-order valence-corrected chi connectivity index (χ3v) is 3.14. The van der Waals surface area contributed by atoms with Crippen molar-refractivity contribution < 1.29 is 4.79 Å². The standard InChI is InChI=1S/C16H14ClN3O3/c17-13-5-1-3-12(11-13)4-2-8-18-14(21)6-9-20-10-7-15(22)19-16(20)23/h1,3,5,7,10-11H,6,8-9H2,(H,18,21)(H,19,22,23). The summed E-state index contributed by atoms with van der Waals surface area (Å²) in [6.07, 6.45) is 1.47. The van der Waals surface area contributed by atoms with Crippen LogP contribution in [0, 0.1) is 11.8 Å². The first kappa shape index (κ1) is 16.6. The summed E-state index contributed by atoms with van der Waals surface area (Å²) in [4.78, 5) is 36.2. The molecule has 0 aliphatic heterocycles. The molecule has 2 N–H and O–H groups in total. The molecule has 0 spiro atoms. The highest BCUT2D eigenvalue weighted by Crippen LogP contribution is 2.09. The van der Waals surface area contributed by atoms with Crippen molar-refractivity contribution in [2.24, 2.45) is 0 Å². The number of aryl methyl sites for hydroxylation is 1. The number of aromatic amines is 1. The Morgan fingerprint density at radius 3 is 2.87 bits per heavy atom. The molecule has 7 heteroatoms. The van der Waals surface area contributed by atoms with Crippen LogP contribution in [0.1, 0.15) is 12.0 Å². The van der Waals surface area contributed by atoms with Crippen molar-refractivity contribution in [3.63, 3.8) is 0 Å². The highest BCUT2D eigenvalue weighted by Gasteiger charge is 2.02. The van der Waals surface area contributed by atoms with E-state index in [0.29, 0.717) is 5.02 Å². The minimum atomic E-state index is -0.536. The molecule has 1 aromatic carbocycles. The highest BCUT2D eigenvalue weighted by molar-refractivity contribution is 6.30. The van der Waals surface area contributed by atoms with Crippen LogP contribution in [0.4, 0.5) is 0 Å². The monoisotopic (exact) mass is 331 g/mol. The summed E-state index contributed by atoms with van der Waals surface area (Å²) >= 11 is 5.84. The molecule has 0 aliphatic rings. The Kier molecular flexibility index (Phi) is 5.78. The van der Waals surface area contributed by atoms with E-state index in [9.17, 15) is 14.4 Å². The van der Waals surface area contributed by atoms with Crippen LogP contribution in [0.3, 0.4) is 0 Å². The number of rotatable bonds is 4. The Hall–Kier alpha value is -2.78. The minimum absolute atomic E-state index is 0.116. The van der Waals surface area contributed by atoms with Crippen molar-refractivity contribution in [2.75, 3.05) is 6.54 Å². The number of nitrogens with zero attached hydrogens (tertiary/aromatic N) is 1. The average molecular weight is 332 g/mol. The molecule has 2 aromatic rings. The summed E-state index contributed by atoms with van der Waals surface area (Å²) in [5, 5.41) is 3.24. The molecule has 0 aliphatic carbocycles. The molecule has 0 atom stereocenters. The van der Waals surface area contributed by atoms with Gasteiger partial charge in [0.05, 0.1) is 6.54 Å². The van der Waals surface area contributed by atoms with Crippen LogP contribution in [0.5, 0.6) is 0 Å². The Bertz CT molecular complexity index is 874. The van der Waals surface area contributed by atoms with Crippen molar-refractivity contribution in [3.8, 4) is 11.8 Å². The van der Waals surface area contributed by atoms with Crippen molar-refractivity contribution >= 4 is 17.5 Å². The van der Waals surface area contributed by atoms with Crippen molar-refractivity contribution in [1.29, 1.82) is 0 Å². The third-order valence-electron chi connectivity index (χ3n) is 2.91. The Morgan fingerprint density at radius 1 is 1.30 bits per heavy atom. The van der Waals surface area contributed by atoms with E-state index in [2.05, 4.69) is 22.1 Å². The van der Waals surface area contributed by atoms with Gasteiger partial charge >= 0.3 is 5.69 Å². The number of hydrogen-bond acceptors (Lipinski definition) is 3. The minimum Gasteiger partial charge on any atom is -0.345 e. The molecular weight excluding hydrogens is 318 g/mol. The van der Waals surface area contributed by atoms with E-state index >= 15 is 0 Å². The second-order valence-electron chi connectivity index (χ2n) is 4.64. The number of carbonyl (C=O) groups excluding carboxylic acids is 1. The second-order valence-corrected chi connectivity index (χ2v) is 5.08. The lowest BCUT2D eigenvalue weighted by molar-refractivity contribution is -0.121. The van der Waals surface area contributed by atoms with Gasteiger partial charge in [0.1, 0.15) is 0 Å². The first-order valence-electron chi connectivity index (χ1n) is 6.85. The summed E-state index contributed by atoms with van der Waals surface area (Å²) in [6, 6.07) is 8.35. The predicted octanol–water partition coefficient (Wildman–Crippen LogP) is 0.748. The normalized spacial score (nSPS) is 9.78. The van der Waals surface area contributed by atoms with E-state index in [-0.39, 0.29) is 25.4 Å². The van der Waals surface area contributed by atoms with Gasteiger partial charge in [-0.3, -0.25) is 14.6 Å². The summed E-state index contributed by atoms with van der Waals surface area (Å²) in [5.74, 6) is 5.47. The van der Waals surface area contributed by atoms with Gasteiger partial charge in [-0.05, 0) is 18.2 Å². The number of benzene rings is 1. The summed E-state index contributed by atoms with van der Waals surface area (Å²) in [6.45, 7) is 0.384. The highest BCUT2D eigenvalue weighted by atomic mass is 35.5. The van der Waals surface area contributed by atoms with E-state index in [0.717, 1.165) is 5.56 Å². The summed E-state index contributed by atoms with van der Waals surface area (Å²) < 4.78 is 1.26. The molecule has 0 saturated heterocycles. The van der Waals surface area contributed by atoms with Crippen LogP contribution in [0.25, 0.3) is 0 Å². The van der Waals surface area contributed by atoms with Crippen LogP contribution in [0.2, 0.25) is 5.02 Å². The predicted molar refractivity (Wildman–Crippen MR) is 87.3 cm³/mol. The van der Waals surface area contributed by atoms with Gasteiger partial charge in [-0.2, -0.15) is 0 Å². The Labute approximate surface area is 137 Å². The fourth-order valence-electron chi connectivity index (χ4n) is 1.79. The molecule has 0 unspecified atom stereocenters. The van der Waals surface area contributed by atoms with Gasteiger partial charge in [0.2, 0.25) is 5.91 Å². The van der Waals surface area contributed by atoms with Crippen molar-refractivity contribution in [3.05, 3.63) is 68.0 Å². The second kappa shape index (κ2) is 8.01. The van der Waals surface area contributed by atoms with Gasteiger partial charge in [-0.25, -0.2) is 4.79 Å². The largest absolute Gasteiger partial charge is 0.345 e. The molecule has 0 bridgehead atoms. The van der Waals surface area contributed by atoms with E-state index in [1.54, 1.807) is 18.2 Å². The zero-order valence-electron chi connectivity index (χ0n) is 12.1. The van der Waals surface area contributed by atoms with E-state index < -0.39 is 11.2 Å². The number of nitrogens with one attached hydrogen (secondary N) is 2. The smallest absolute Gasteiger partial charge is 0.328 e.